The Balaban J connectivity index is 0.00000220. The molecule has 0 radical (unpaired) electrons. The van der Waals surface area contributed by atoms with Crippen LogP contribution in [0.5, 0.6) is 0 Å². The number of hydrogen-bond donors (Lipinski definition) is 1. The highest BCUT2D eigenvalue weighted by Crippen LogP contribution is 2.20. The van der Waals surface area contributed by atoms with E-state index in [4.69, 9.17) is 5.73 Å². The molecule has 1 aromatic rings. The van der Waals surface area contributed by atoms with Crippen molar-refractivity contribution in [2.45, 2.75) is 24.9 Å². The van der Waals surface area contributed by atoms with Crippen molar-refractivity contribution in [1.82, 2.24) is 4.90 Å². The fraction of sp³-hybridized carbons (Fsp3) is 0.500. The van der Waals surface area contributed by atoms with Crippen LogP contribution in [0.25, 0.3) is 0 Å². The van der Waals surface area contributed by atoms with Crippen molar-refractivity contribution >= 4 is 28.2 Å². The summed E-state index contributed by atoms with van der Waals surface area (Å²) in [4.78, 5) is 13.7. The fourth-order valence-corrected chi connectivity index (χ4v) is 4.21. The summed E-state index contributed by atoms with van der Waals surface area (Å²) >= 11 is 0. The van der Waals surface area contributed by atoms with Gasteiger partial charge in [-0.25, -0.2) is 8.42 Å². The van der Waals surface area contributed by atoms with Gasteiger partial charge in [-0.05, 0) is 12.0 Å². The molecule has 0 spiro atoms. The minimum absolute atomic E-state index is 0. The maximum Gasteiger partial charge on any atom is 0.224 e. The third-order valence-corrected chi connectivity index (χ3v) is 5.52. The molecule has 0 aromatic heterocycles. The number of hydrogen-bond acceptors (Lipinski definition) is 4. The standard InChI is InChI=1S/C14H20N2O3S.ClH/c1-16(12-7-8-20(18,19)10-12)14(17)9-13(15)11-5-3-2-4-6-11;/h2-6,12-13H,7-10,15H2,1H3;1H. The van der Waals surface area contributed by atoms with Crippen molar-refractivity contribution in [3.05, 3.63) is 35.9 Å². The number of rotatable bonds is 4. The Hall–Kier alpha value is -1.11. The molecule has 2 unspecified atom stereocenters. The van der Waals surface area contributed by atoms with E-state index >= 15 is 0 Å². The lowest BCUT2D eigenvalue weighted by Gasteiger charge is -2.25. The molecule has 21 heavy (non-hydrogen) atoms. The van der Waals surface area contributed by atoms with Gasteiger partial charge >= 0.3 is 0 Å². The number of sulfone groups is 1. The van der Waals surface area contributed by atoms with E-state index in [1.807, 2.05) is 30.3 Å². The summed E-state index contributed by atoms with van der Waals surface area (Å²) in [5.41, 5.74) is 6.93. The van der Waals surface area contributed by atoms with Gasteiger partial charge in [-0.2, -0.15) is 0 Å². The molecule has 2 atom stereocenters. The molecular weight excluding hydrogens is 312 g/mol. The van der Waals surface area contributed by atoms with Crippen LogP contribution in [0, 0.1) is 0 Å². The predicted molar refractivity (Wildman–Crippen MR) is 85.1 cm³/mol. The van der Waals surface area contributed by atoms with Crippen molar-refractivity contribution in [1.29, 1.82) is 0 Å². The normalized spacial score (nSPS) is 21.3. The highest BCUT2D eigenvalue weighted by molar-refractivity contribution is 7.91. The highest BCUT2D eigenvalue weighted by Gasteiger charge is 2.33. The minimum Gasteiger partial charge on any atom is -0.342 e. The Kier molecular flexibility index (Phi) is 6.19. The molecule has 1 aromatic carbocycles. The van der Waals surface area contributed by atoms with Gasteiger partial charge in [-0.3, -0.25) is 4.79 Å². The third-order valence-electron chi connectivity index (χ3n) is 3.77. The second-order valence-corrected chi connectivity index (χ2v) is 7.51. The summed E-state index contributed by atoms with van der Waals surface area (Å²) in [5.74, 6) is 0.124. The molecule has 1 fully saturated rings. The molecule has 0 aliphatic carbocycles. The third kappa shape index (κ3) is 4.69. The molecule has 5 nitrogen and oxygen atoms in total. The first kappa shape index (κ1) is 17.9. The number of carbonyl (C=O) groups excluding carboxylic acids is 1. The van der Waals surface area contributed by atoms with Crippen LogP contribution in [-0.4, -0.2) is 43.8 Å². The molecule has 7 heteroatoms. The molecular formula is C14H21ClN2O3S. The van der Waals surface area contributed by atoms with Crippen LogP contribution in [0.3, 0.4) is 0 Å². The summed E-state index contributed by atoms with van der Waals surface area (Å²) < 4.78 is 22.9. The largest absolute Gasteiger partial charge is 0.342 e. The zero-order valence-corrected chi connectivity index (χ0v) is 13.6. The Labute approximate surface area is 131 Å². The monoisotopic (exact) mass is 332 g/mol. The first-order valence-electron chi connectivity index (χ1n) is 6.65. The zero-order chi connectivity index (χ0) is 14.8. The van der Waals surface area contributed by atoms with Gasteiger partial charge < -0.3 is 10.6 Å². The molecule has 2 N–H and O–H groups in total. The Morgan fingerprint density at radius 3 is 2.52 bits per heavy atom. The van der Waals surface area contributed by atoms with Crippen LogP contribution in [0.4, 0.5) is 0 Å². The van der Waals surface area contributed by atoms with Crippen LogP contribution >= 0.6 is 12.4 Å². The van der Waals surface area contributed by atoms with Crippen molar-refractivity contribution in [3.8, 4) is 0 Å². The van der Waals surface area contributed by atoms with Crippen molar-refractivity contribution in [2.75, 3.05) is 18.6 Å². The van der Waals surface area contributed by atoms with Crippen molar-refractivity contribution in [3.63, 3.8) is 0 Å². The van der Waals surface area contributed by atoms with Gasteiger partial charge in [0.25, 0.3) is 0 Å². The van der Waals surface area contributed by atoms with Crippen LogP contribution < -0.4 is 5.73 Å². The quantitative estimate of drug-likeness (QED) is 0.896. The van der Waals surface area contributed by atoms with E-state index in [-0.39, 0.29) is 48.3 Å². The lowest BCUT2D eigenvalue weighted by atomic mass is 10.0. The first-order chi connectivity index (χ1) is 9.39. The van der Waals surface area contributed by atoms with Gasteiger partial charge in [0.2, 0.25) is 5.91 Å². The average molecular weight is 333 g/mol. The lowest BCUT2D eigenvalue weighted by Crippen LogP contribution is -2.39. The second-order valence-electron chi connectivity index (χ2n) is 5.28. The van der Waals surface area contributed by atoms with Crippen LogP contribution in [0.1, 0.15) is 24.4 Å². The van der Waals surface area contributed by atoms with Gasteiger partial charge in [0.15, 0.2) is 9.84 Å². The Morgan fingerprint density at radius 2 is 2.00 bits per heavy atom. The molecule has 1 saturated heterocycles. The molecule has 1 aliphatic heterocycles. The minimum atomic E-state index is -2.98. The van der Waals surface area contributed by atoms with E-state index in [2.05, 4.69) is 0 Å². The molecule has 0 saturated carbocycles. The van der Waals surface area contributed by atoms with Gasteiger partial charge in [-0.15, -0.1) is 12.4 Å². The molecule has 0 bridgehead atoms. The maximum absolute atomic E-state index is 12.2. The predicted octanol–water partition coefficient (Wildman–Crippen LogP) is 1.14. The van der Waals surface area contributed by atoms with Crippen molar-refractivity contribution < 1.29 is 13.2 Å². The van der Waals surface area contributed by atoms with E-state index in [0.29, 0.717) is 6.42 Å². The van der Waals surface area contributed by atoms with Gasteiger partial charge in [0, 0.05) is 25.6 Å². The number of amides is 1. The van der Waals surface area contributed by atoms with Crippen LogP contribution in [0.2, 0.25) is 0 Å². The van der Waals surface area contributed by atoms with Gasteiger partial charge in [0.1, 0.15) is 0 Å². The second kappa shape index (κ2) is 7.24. The Morgan fingerprint density at radius 1 is 1.38 bits per heavy atom. The number of benzene rings is 1. The summed E-state index contributed by atoms with van der Waals surface area (Å²) in [5, 5.41) is 0. The molecule has 1 amide bonds. The number of carbonyl (C=O) groups is 1. The average Bonchev–Trinajstić information content (AvgIpc) is 2.79. The van der Waals surface area contributed by atoms with E-state index in [1.54, 1.807) is 7.05 Å². The lowest BCUT2D eigenvalue weighted by molar-refractivity contribution is -0.131. The molecule has 118 valence electrons. The maximum atomic E-state index is 12.2. The van der Waals surface area contributed by atoms with E-state index in [0.717, 1.165) is 5.56 Å². The smallest absolute Gasteiger partial charge is 0.224 e. The van der Waals surface area contributed by atoms with E-state index < -0.39 is 9.84 Å². The van der Waals surface area contributed by atoms with Crippen LogP contribution in [0.15, 0.2) is 30.3 Å². The number of halogens is 1. The fourth-order valence-electron chi connectivity index (χ4n) is 2.43. The Bertz CT molecular complexity index is 577. The van der Waals surface area contributed by atoms with Crippen LogP contribution in [-0.2, 0) is 14.6 Å². The zero-order valence-electron chi connectivity index (χ0n) is 11.9. The number of nitrogens with zero attached hydrogens (tertiary/aromatic N) is 1. The van der Waals surface area contributed by atoms with E-state index in [1.165, 1.54) is 4.90 Å². The molecule has 2 rings (SSSR count). The van der Waals surface area contributed by atoms with Gasteiger partial charge in [0.05, 0.1) is 11.5 Å². The first-order valence-corrected chi connectivity index (χ1v) is 8.48. The number of nitrogens with two attached hydrogens (primary N) is 1. The molecule has 1 aliphatic rings. The van der Waals surface area contributed by atoms with E-state index in [9.17, 15) is 13.2 Å². The topological polar surface area (TPSA) is 80.5 Å². The summed E-state index contributed by atoms with van der Waals surface area (Å²) in [6, 6.07) is 8.86. The van der Waals surface area contributed by atoms with Gasteiger partial charge in [-0.1, -0.05) is 30.3 Å². The summed E-state index contributed by atoms with van der Waals surface area (Å²) in [6.45, 7) is 0. The summed E-state index contributed by atoms with van der Waals surface area (Å²) in [6.07, 6.45) is 0.711. The summed E-state index contributed by atoms with van der Waals surface area (Å²) in [7, 11) is -1.32. The van der Waals surface area contributed by atoms with Crippen molar-refractivity contribution in [2.24, 2.45) is 5.73 Å². The SMILES string of the molecule is CN(C(=O)CC(N)c1ccccc1)C1CCS(=O)(=O)C1.Cl. The molecule has 1 heterocycles. The highest BCUT2D eigenvalue weighted by atomic mass is 35.5.